The molecule has 2 rings (SSSR count). The Morgan fingerprint density at radius 3 is 2.11 bits per heavy atom. The predicted molar refractivity (Wildman–Crippen MR) is 145 cm³/mol. The Bertz CT molecular complexity index is 906. The number of rotatable bonds is 14. The van der Waals surface area contributed by atoms with Crippen LogP contribution in [0.4, 0.5) is 0 Å². The summed E-state index contributed by atoms with van der Waals surface area (Å²) in [6.07, 6.45) is 8.41. The van der Waals surface area contributed by atoms with Gasteiger partial charge in [0.15, 0.2) is 0 Å². The van der Waals surface area contributed by atoms with Crippen LogP contribution >= 0.6 is 0 Å². The average Bonchev–Trinajstić information content (AvgIpc) is 2.80. The van der Waals surface area contributed by atoms with E-state index in [1.54, 1.807) is 0 Å². The van der Waals surface area contributed by atoms with Crippen molar-refractivity contribution < 1.29 is 28.5 Å². The van der Waals surface area contributed by atoms with Crippen LogP contribution in [0.5, 0.6) is 11.5 Å². The highest BCUT2D eigenvalue weighted by molar-refractivity contribution is 6.24. The quantitative estimate of drug-likeness (QED) is 0.126. The van der Waals surface area contributed by atoms with Gasteiger partial charge in [-0.25, -0.2) is 0 Å². The number of carbonyl (C=O) groups excluding carboxylic acids is 2. The molecule has 0 saturated heterocycles. The van der Waals surface area contributed by atoms with Gasteiger partial charge in [0.25, 0.3) is 7.48 Å². The first kappa shape index (κ1) is 30.2. The van der Waals surface area contributed by atoms with Crippen molar-refractivity contribution in [3.63, 3.8) is 0 Å². The average molecular weight is 503 g/mol. The van der Waals surface area contributed by atoms with E-state index >= 15 is 0 Å². The van der Waals surface area contributed by atoms with Crippen LogP contribution in [0.3, 0.4) is 0 Å². The van der Waals surface area contributed by atoms with Crippen molar-refractivity contribution in [3.8, 4) is 11.5 Å². The molecule has 1 aromatic rings. The number of hydrogen-bond donors (Lipinski definition) is 0. The second-order valence-electron chi connectivity index (χ2n) is 11.3. The molecule has 0 saturated carbocycles. The van der Waals surface area contributed by atoms with E-state index in [9.17, 15) is 9.59 Å². The molecule has 0 aromatic heterocycles. The molecule has 0 atom stereocenters. The molecule has 7 heteroatoms. The molecule has 36 heavy (non-hydrogen) atoms. The van der Waals surface area contributed by atoms with Gasteiger partial charge in [-0.15, -0.1) is 0 Å². The molecule has 1 aromatic carbocycles. The van der Waals surface area contributed by atoms with Crippen LogP contribution in [0.25, 0.3) is 0 Å². The van der Waals surface area contributed by atoms with E-state index in [0.717, 1.165) is 73.8 Å². The van der Waals surface area contributed by atoms with Crippen LogP contribution in [-0.4, -0.2) is 37.2 Å². The van der Waals surface area contributed by atoms with Crippen LogP contribution in [0.1, 0.15) is 108 Å². The Morgan fingerprint density at radius 2 is 1.50 bits per heavy atom. The van der Waals surface area contributed by atoms with E-state index in [-0.39, 0.29) is 17.5 Å². The van der Waals surface area contributed by atoms with Gasteiger partial charge in [-0.3, -0.25) is 9.59 Å². The molecule has 1 aliphatic rings. The van der Waals surface area contributed by atoms with Crippen molar-refractivity contribution in [2.45, 2.75) is 131 Å². The van der Waals surface area contributed by atoms with Crippen LogP contribution in [-0.2, 0) is 25.4 Å². The second-order valence-corrected chi connectivity index (χ2v) is 11.3. The third-order valence-corrected chi connectivity index (χ3v) is 6.94. The van der Waals surface area contributed by atoms with Gasteiger partial charge in [0.2, 0.25) is 0 Å². The number of unbranched alkanes of at least 4 members (excludes halogenated alkanes) is 5. The Labute approximate surface area is 219 Å². The molecule has 0 radical (unpaired) electrons. The summed E-state index contributed by atoms with van der Waals surface area (Å²) in [7, 11) is 0.611. The van der Waals surface area contributed by atoms with Gasteiger partial charge in [-0.05, 0) is 90.8 Å². The van der Waals surface area contributed by atoms with Crippen molar-refractivity contribution in [3.05, 3.63) is 22.3 Å². The zero-order valence-electron chi connectivity index (χ0n) is 23.9. The van der Waals surface area contributed by atoms with Crippen molar-refractivity contribution >= 4 is 19.4 Å². The number of esters is 2. The summed E-state index contributed by atoms with van der Waals surface area (Å²) in [5.74, 6) is 1.33. The Kier molecular flexibility index (Phi) is 11.3. The van der Waals surface area contributed by atoms with Gasteiger partial charge in [-0.2, -0.15) is 0 Å². The van der Waals surface area contributed by atoms with Gasteiger partial charge < -0.3 is 18.9 Å². The van der Waals surface area contributed by atoms with Gasteiger partial charge in [0.05, 0.1) is 6.61 Å². The maximum atomic E-state index is 12.6. The molecule has 0 unspecified atom stereocenters. The molecule has 1 heterocycles. The highest BCUT2D eigenvalue weighted by Crippen LogP contribution is 2.43. The topological polar surface area (TPSA) is 71.1 Å². The first-order valence-electron chi connectivity index (χ1n) is 13.7. The molecular weight excluding hydrogens is 455 g/mol. The number of fused-ring (bicyclic) bond motifs is 1. The SMILES string of the molecule is CBOCC(C)(C)OC(=O)CCCCCCCCC(=O)Oc1c(C)c(C)c2c(c1C)CCC(C)(C)O2. The Hall–Kier alpha value is -2.02. The molecule has 1 aliphatic heterocycles. The molecule has 0 aliphatic carbocycles. The van der Waals surface area contributed by atoms with E-state index in [1.165, 1.54) is 5.56 Å². The highest BCUT2D eigenvalue weighted by Gasteiger charge is 2.31. The molecule has 202 valence electrons. The summed E-state index contributed by atoms with van der Waals surface area (Å²) in [6.45, 7) is 16.4. The van der Waals surface area contributed by atoms with E-state index in [0.29, 0.717) is 32.7 Å². The van der Waals surface area contributed by atoms with E-state index < -0.39 is 5.60 Å². The summed E-state index contributed by atoms with van der Waals surface area (Å²) >= 11 is 0. The van der Waals surface area contributed by atoms with Gasteiger partial charge in [0, 0.05) is 18.4 Å². The molecule has 0 N–H and O–H groups in total. The van der Waals surface area contributed by atoms with E-state index in [4.69, 9.17) is 18.9 Å². The second kappa shape index (κ2) is 13.5. The largest absolute Gasteiger partial charge is 0.487 e. The zero-order valence-corrected chi connectivity index (χ0v) is 23.9. The maximum absolute atomic E-state index is 12.6. The third-order valence-electron chi connectivity index (χ3n) is 6.94. The minimum Gasteiger partial charge on any atom is -0.487 e. The standard InChI is InChI=1S/C29H47BO6/c1-20-21(2)27-23(17-18-28(4,5)36-27)22(3)26(20)34-24(31)15-13-11-9-10-12-14-16-25(32)35-29(6,7)19-33-30-8/h30H,9-19H2,1-8H3. The number of benzene rings is 1. The summed E-state index contributed by atoms with van der Waals surface area (Å²) in [6, 6.07) is 0. The van der Waals surface area contributed by atoms with Crippen LogP contribution in [0.2, 0.25) is 6.82 Å². The molecule has 0 amide bonds. The third kappa shape index (κ3) is 9.13. The zero-order chi connectivity index (χ0) is 26.9. The lowest BCUT2D eigenvalue weighted by atomic mass is 9.88. The highest BCUT2D eigenvalue weighted by atomic mass is 16.6. The Morgan fingerprint density at radius 1 is 0.917 bits per heavy atom. The summed E-state index contributed by atoms with van der Waals surface area (Å²) in [5, 5.41) is 0. The minimum atomic E-state index is -0.582. The minimum absolute atomic E-state index is 0.166. The fourth-order valence-electron chi connectivity index (χ4n) is 4.65. The smallest absolute Gasteiger partial charge is 0.311 e. The van der Waals surface area contributed by atoms with E-state index in [2.05, 4.69) is 13.8 Å². The summed E-state index contributed by atoms with van der Waals surface area (Å²) in [4.78, 5) is 24.6. The lowest BCUT2D eigenvalue weighted by molar-refractivity contribution is -0.159. The number of carbonyl (C=O) groups is 2. The molecular formula is C29H47BO6. The summed E-state index contributed by atoms with van der Waals surface area (Å²) in [5.41, 5.74) is 3.49. The summed E-state index contributed by atoms with van der Waals surface area (Å²) < 4.78 is 23.0. The van der Waals surface area contributed by atoms with Gasteiger partial charge >= 0.3 is 11.9 Å². The number of hydrogen-bond acceptors (Lipinski definition) is 6. The molecule has 6 nitrogen and oxygen atoms in total. The Balaban J connectivity index is 1.68. The lowest BCUT2D eigenvalue weighted by Crippen LogP contribution is -2.33. The van der Waals surface area contributed by atoms with Crippen molar-refractivity contribution in [1.29, 1.82) is 0 Å². The monoisotopic (exact) mass is 502 g/mol. The number of ether oxygens (including phenoxy) is 3. The molecule has 0 bridgehead atoms. The fourth-order valence-corrected chi connectivity index (χ4v) is 4.65. The maximum Gasteiger partial charge on any atom is 0.311 e. The normalized spacial score (nSPS) is 14.6. The van der Waals surface area contributed by atoms with Crippen molar-refractivity contribution in [2.24, 2.45) is 0 Å². The van der Waals surface area contributed by atoms with Crippen LogP contribution in [0.15, 0.2) is 0 Å². The van der Waals surface area contributed by atoms with E-state index in [1.807, 2.05) is 41.4 Å². The first-order chi connectivity index (χ1) is 16.9. The molecule has 0 fully saturated rings. The fraction of sp³-hybridized carbons (Fsp3) is 0.724. The predicted octanol–water partition coefficient (Wildman–Crippen LogP) is 6.48. The van der Waals surface area contributed by atoms with Gasteiger partial charge in [0.1, 0.15) is 22.7 Å². The van der Waals surface area contributed by atoms with Crippen molar-refractivity contribution in [2.75, 3.05) is 6.61 Å². The first-order valence-corrected chi connectivity index (χ1v) is 13.7. The van der Waals surface area contributed by atoms with Gasteiger partial charge in [-0.1, -0.05) is 32.5 Å². The molecule has 0 spiro atoms. The lowest BCUT2D eigenvalue weighted by Gasteiger charge is -2.35. The van der Waals surface area contributed by atoms with Crippen LogP contribution < -0.4 is 9.47 Å². The van der Waals surface area contributed by atoms with Crippen LogP contribution in [0, 0.1) is 20.8 Å². The van der Waals surface area contributed by atoms with Crippen molar-refractivity contribution in [1.82, 2.24) is 0 Å².